The van der Waals surface area contributed by atoms with Crippen LogP contribution in [0.1, 0.15) is 57.1 Å². The number of nitrogens with zero attached hydrogens (tertiary/aromatic N) is 1. The van der Waals surface area contributed by atoms with Gasteiger partial charge in [-0.05, 0) is 57.2 Å². The average Bonchev–Trinajstić information content (AvgIpc) is 3.04. The fraction of sp³-hybridized carbons (Fsp3) is 0.667. The summed E-state index contributed by atoms with van der Waals surface area (Å²) in [7, 11) is 2.14. The normalized spacial score (nSPS) is 24.1. The van der Waals surface area contributed by atoms with Gasteiger partial charge in [-0.15, -0.1) is 24.8 Å². The lowest BCUT2D eigenvalue weighted by molar-refractivity contribution is -0.123. The van der Waals surface area contributed by atoms with Crippen molar-refractivity contribution in [3.05, 3.63) is 35.4 Å². The van der Waals surface area contributed by atoms with Gasteiger partial charge in [0.2, 0.25) is 5.91 Å². The molecule has 3 rings (SSSR count). The Morgan fingerprint density at radius 3 is 2.63 bits per heavy atom. The third-order valence-corrected chi connectivity index (χ3v) is 5.95. The highest BCUT2D eigenvalue weighted by Gasteiger charge is 2.37. The van der Waals surface area contributed by atoms with Gasteiger partial charge in [0.05, 0.1) is 6.04 Å². The van der Waals surface area contributed by atoms with Crippen molar-refractivity contribution in [1.82, 2.24) is 15.5 Å². The summed E-state index contributed by atoms with van der Waals surface area (Å²) in [6.07, 6.45) is 6.16. The molecule has 0 aromatic heterocycles. The molecule has 3 atom stereocenters. The van der Waals surface area contributed by atoms with Gasteiger partial charge in [0, 0.05) is 25.2 Å². The van der Waals surface area contributed by atoms with Crippen LogP contribution in [0.15, 0.2) is 24.3 Å². The van der Waals surface area contributed by atoms with Crippen molar-refractivity contribution in [2.45, 2.75) is 77.2 Å². The van der Waals surface area contributed by atoms with E-state index < -0.39 is 0 Å². The molecule has 2 N–H and O–H groups in total. The molecule has 1 amide bonds. The highest BCUT2D eigenvalue weighted by molar-refractivity contribution is 5.85. The smallest absolute Gasteiger partial charge is 0.237 e. The fourth-order valence-electron chi connectivity index (χ4n) is 4.14. The Kier molecular flexibility index (Phi) is 10.1. The zero-order valence-corrected chi connectivity index (χ0v) is 18.4. The van der Waals surface area contributed by atoms with Crippen molar-refractivity contribution >= 4 is 30.7 Å². The van der Waals surface area contributed by atoms with E-state index in [9.17, 15) is 4.79 Å². The van der Waals surface area contributed by atoms with Gasteiger partial charge in [-0.25, -0.2) is 0 Å². The number of nitrogens with one attached hydrogen (secondary N) is 2. The molecule has 6 heteroatoms. The SMILES string of the molecule is CC(C)N(C)Cc1cccc(CNC(=O)C2CC3CCCCC3N2)c1.Cl.Cl. The van der Waals surface area contributed by atoms with Gasteiger partial charge < -0.3 is 10.6 Å². The Bertz CT molecular complexity index is 583. The van der Waals surface area contributed by atoms with Gasteiger partial charge in [0.25, 0.3) is 0 Å². The van der Waals surface area contributed by atoms with Crippen LogP contribution in [0.25, 0.3) is 0 Å². The molecular formula is C21H35Cl2N3O. The van der Waals surface area contributed by atoms with Crippen LogP contribution in [0.3, 0.4) is 0 Å². The molecule has 27 heavy (non-hydrogen) atoms. The summed E-state index contributed by atoms with van der Waals surface area (Å²) >= 11 is 0. The van der Waals surface area contributed by atoms with E-state index in [4.69, 9.17) is 0 Å². The number of benzene rings is 1. The topological polar surface area (TPSA) is 44.4 Å². The molecule has 1 saturated carbocycles. The van der Waals surface area contributed by atoms with Gasteiger partial charge in [-0.2, -0.15) is 0 Å². The molecule has 1 saturated heterocycles. The average molecular weight is 416 g/mol. The molecule has 1 aliphatic heterocycles. The molecule has 154 valence electrons. The largest absolute Gasteiger partial charge is 0.351 e. The van der Waals surface area contributed by atoms with Crippen molar-refractivity contribution in [3.8, 4) is 0 Å². The van der Waals surface area contributed by atoms with E-state index in [1.54, 1.807) is 0 Å². The number of carbonyl (C=O) groups excluding carboxylic acids is 1. The molecular weight excluding hydrogens is 381 g/mol. The highest BCUT2D eigenvalue weighted by Crippen LogP contribution is 2.33. The minimum absolute atomic E-state index is 0. The van der Waals surface area contributed by atoms with E-state index in [2.05, 4.69) is 60.7 Å². The summed E-state index contributed by atoms with van der Waals surface area (Å²) in [6.45, 7) is 5.96. The van der Waals surface area contributed by atoms with Crippen molar-refractivity contribution in [2.75, 3.05) is 7.05 Å². The zero-order chi connectivity index (χ0) is 17.8. The van der Waals surface area contributed by atoms with Crippen molar-refractivity contribution < 1.29 is 4.79 Å². The van der Waals surface area contributed by atoms with Crippen LogP contribution < -0.4 is 10.6 Å². The molecule has 3 unspecified atom stereocenters. The molecule has 0 radical (unpaired) electrons. The van der Waals surface area contributed by atoms with Crippen molar-refractivity contribution in [2.24, 2.45) is 5.92 Å². The van der Waals surface area contributed by atoms with Gasteiger partial charge >= 0.3 is 0 Å². The Morgan fingerprint density at radius 2 is 1.93 bits per heavy atom. The summed E-state index contributed by atoms with van der Waals surface area (Å²) in [5, 5.41) is 6.70. The first-order chi connectivity index (χ1) is 12.0. The first-order valence-electron chi connectivity index (χ1n) is 9.84. The summed E-state index contributed by atoms with van der Waals surface area (Å²) in [6, 6.07) is 9.66. The van der Waals surface area contributed by atoms with E-state index in [0.29, 0.717) is 24.5 Å². The second-order valence-electron chi connectivity index (χ2n) is 8.15. The van der Waals surface area contributed by atoms with Gasteiger partial charge in [0.15, 0.2) is 0 Å². The van der Waals surface area contributed by atoms with Crippen LogP contribution in [0, 0.1) is 5.92 Å². The number of fused-ring (bicyclic) bond motifs is 1. The number of amides is 1. The number of hydrogen-bond donors (Lipinski definition) is 2. The van der Waals surface area contributed by atoms with Crippen LogP contribution in [0.4, 0.5) is 0 Å². The van der Waals surface area contributed by atoms with E-state index >= 15 is 0 Å². The van der Waals surface area contributed by atoms with E-state index in [0.717, 1.165) is 13.0 Å². The predicted octanol–water partition coefficient (Wildman–Crippen LogP) is 3.91. The number of hydrogen-bond acceptors (Lipinski definition) is 3. The molecule has 1 aromatic carbocycles. The van der Waals surface area contributed by atoms with Crippen LogP contribution in [0.5, 0.6) is 0 Å². The molecule has 0 bridgehead atoms. The van der Waals surface area contributed by atoms with Gasteiger partial charge in [-0.3, -0.25) is 9.69 Å². The lowest BCUT2D eigenvalue weighted by atomic mass is 9.85. The summed E-state index contributed by atoms with van der Waals surface area (Å²) in [5.41, 5.74) is 2.48. The maximum absolute atomic E-state index is 12.5. The number of rotatable bonds is 6. The van der Waals surface area contributed by atoms with E-state index in [1.807, 2.05) is 0 Å². The maximum atomic E-state index is 12.5. The minimum atomic E-state index is 0. The lowest BCUT2D eigenvalue weighted by Gasteiger charge is -2.24. The fourth-order valence-corrected chi connectivity index (χ4v) is 4.14. The highest BCUT2D eigenvalue weighted by atomic mass is 35.5. The third kappa shape index (κ3) is 6.63. The molecule has 1 aromatic rings. The van der Waals surface area contributed by atoms with Crippen LogP contribution in [0.2, 0.25) is 0 Å². The maximum Gasteiger partial charge on any atom is 0.237 e. The number of halogens is 2. The van der Waals surface area contributed by atoms with Crippen molar-refractivity contribution in [3.63, 3.8) is 0 Å². The minimum Gasteiger partial charge on any atom is -0.351 e. The van der Waals surface area contributed by atoms with Crippen LogP contribution in [-0.2, 0) is 17.9 Å². The Morgan fingerprint density at radius 1 is 1.22 bits per heavy atom. The standard InChI is InChI=1S/C21H33N3O.2ClH/c1-15(2)24(3)14-17-8-6-7-16(11-17)13-22-21(25)20-12-18-9-4-5-10-19(18)23-20;;/h6-8,11,15,18-20,23H,4-5,9-10,12-14H2,1-3H3,(H,22,25);2*1H. The second-order valence-corrected chi connectivity index (χ2v) is 8.15. The molecule has 2 aliphatic rings. The van der Waals surface area contributed by atoms with E-state index in [-0.39, 0.29) is 36.8 Å². The monoisotopic (exact) mass is 415 g/mol. The summed E-state index contributed by atoms with van der Waals surface area (Å²) < 4.78 is 0. The molecule has 1 aliphatic carbocycles. The Labute approximate surface area is 176 Å². The quantitative estimate of drug-likeness (QED) is 0.739. The third-order valence-electron chi connectivity index (χ3n) is 5.95. The van der Waals surface area contributed by atoms with Crippen LogP contribution >= 0.6 is 24.8 Å². The van der Waals surface area contributed by atoms with Crippen molar-refractivity contribution in [1.29, 1.82) is 0 Å². The first kappa shape index (κ1) is 24.2. The van der Waals surface area contributed by atoms with E-state index in [1.165, 1.54) is 36.8 Å². The zero-order valence-electron chi connectivity index (χ0n) is 16.7. The Balaban J connectivity index is 0.00000182. The number of carbonyl (C=O) groups is 1. The second kappa shape index (κ2) is 11.3. The molecule has 0 spiro atoms. The summed E-state index contributed by atoms with van der Waals surface area (Å²) in [5.74, 6) is 0.874. The lowest BCUT2D eigenvalue weighted by Crippen LogP contribution is -2.42. The molecule has 2 fully saturated rings. The van der Waals surface area contributed by atoms with Gasteiger partial charge in [-0.1, -0.05) is 37.1 Å². The van der Waals surface area contributed by atoms with Crippen LogP contribution in [-0.4, -0.2) is 36.0 Å². The van der Waals surface area contributed by atoms with Gasteiger partial charge in [0.1, 0.15) is 0 Å². The Hall–Kier alpha value is -0.810. The summed E-state index contributed by atoms with van der Waals surface area (Å²) in [4.78, 5) is 14.9. The first-order valence-corrected chi connectivity index (χ1v) is 9.84. The molecule has 4 nitrogen and oxygen atoms in total. The molecule has 1 heterocycles. The predicted molar refractivity (Wildman–Crippen MR) is 117 cm³/mol.